The zero-order valence-electron chi connectivity index (χ0n) is 16.2. The quantitative estimate of drug-likeness (QED) is 0.668. The standard InChI is InChI=1S/C21H22N2O4S/c1-4-9-23-18-16(25-3)7-5-13(2)19(18)28-21(23)22-20(24)14-6-8-15-17(12-14)27-11-10-26-15/h5-8,12H,4,9-11H2,1-3H3. The van der Waals surface area contributed by atoms with Crippen LogP contribution in [0.2, 0.25) is 0 Å². The van der Waals surface area contributed by atoms with Gasteiger partial charge in [0.15, 0.2) is 16.3 Å². The lowest BCUT2D eigenvalue weighted by Gasteiger charge is -2.18. The van der Waals surface area contributed by atoms with Gasteiger partial charge in [-0.3, -0.25) is 4.79 Å². The van der Waals surface area contributed by atoms with Crippen molar-refractivity contribution in [2.24, 2.45) is 4.99 Å². The highest BCUT2D eigenvalue weighted by atomic mass is 32.1. The van der Waals surface area contributed by atoms with E-state index in [1.807, 2.05) is 12.1 Å². The van der Waals surface area contributed by atoms with Gasteiger partial charge in [0.25, 0.3) is 5.91 Å². The Hall–Kier alpha value is -2.80. The monoisotopic (exact) mass is 398 g/mol. The third kappa shape index (κ3) is 3.26. The minimum atomic E-state index is -0.301. The molecule has 28 heavy (non-hydrogen) atoms. The first kappa shape index (κ1) is 18.6. The fourth-order valence-electron chi connectivity index (χ4n) is 3.29. The van der Waals surface area contributed by atoms with Crippen LogP contribution in [0.5, 0.6) is 17.2 Å². The Morgan fingerprint density at radius 1 is 1.21 bits per heavy atom. The smallest absolute Gasteiger partial charge is 0.279 e. The van der Waals surface area contributed by atoms with Gasteiger partial charge in [0.2, 0.25) is 0 Å². The highest BCUT2D eigenvalue weighted by Crippen LogP contribution is 2.32. The normalized spacial score (nSPS) is 13.8. The van der Waals surface area contributed by atoms with Gasteiger partial charge in [-0.05, 0) is 43.2 Å². The Morgan fingerprint density at radius 3 is 2.75 bits per heavy atom. The molecule has 1 aliphatic rings. The Balaban J connectivity index is 1.83. The zero-order valence-corrected chi connectivity index (χ0v) is 17.0. The van der Waals surface area contributed by atoms with Gasteiger partial charge >= 0.3 is 0 Å². The second-order valence-electron chi connectivity index (χ2n) is 6.57. The number of carbonyl (C=O) groups excluding carboxylic acids is 1. The number of aromatic nitrogens is 1. The van der Waals surface area contributed by atoms with Crippen molar-refractivity contribution in [3.63, 3.8) is 0 Å². The van der Waals surface area contributed by atoms with Gasteiger partial charge in [-0.2, -0.15) is 4.99 Å². The molecule has 0 spiro atoms. The first-order valence-corrected chi connectivity index (χ1v) is 10.1. The molecule has 1 amide bonds. The van der Waals surface area contributed by atoms with Crippen LogP contribution in [-0.4, -0.2) is 30.8 Å². The molecular weight excluding hydrogens is 376 g/mol. The van der Waals surface area contributed by atoms with E-state index < -0.39 is 0 Å². The molecule has 0 bridgehead atoms. The van der Waals surface area contributed by atoms with Crippen LogP contribution >= 0.6 is 11.3 Å². The van der Waals surface area contributed by atoms with Crippen molar-refractivity contribution < 1.29 is 19.0 Å². The van der Waals surface area contributed by atoms with Crippen molar-refractivity contribution in [2.45, 2.75) is 26.8 Å². The van der Waals surface area contributed by atoms with Crippen LogP contribution < -0.4 is 19.0 Å². The van der Waals surface area contributed by atoms with Gasteiger partial charge in [0, 0.05) is 12.1 Å². The highest BCUT2D eigenvalue weighted by Gasteiger charge is 2.17. The third-order valence-corrected chi connectivity index (χ3v) is 5.85. The predicted octanol–water partition coefficient (Wildman–Crippen LogP) is 3.94. The molecule has 2 aromatic carbocycles. The summed E-state index contributed by atoms with van der Waals surface area (Å²) < 4.78 is 19.8. The van der Waals surface area contributed by atoms with Gasteiger partial charge < -0.3 is 18.8 Å². The number of hydrogen-bond acceptors (Lipinski definition) is 5. The lowest BCUT2D eigenvalue weighted by molar-refractivity contribution is 0.0996. The van der Waals surface area contributed by atoms with Crippen LogP contribution in [0.4, 0.5) is 0 Å². The van der Waals surface area contributed by atoms with Gasteiger partial charge in [-0.15, -0.1) is 0 Å². The molecule has 0 aliphatic carbocycles. The van der Waals surface area contributed by atoms with Crippen molar-refractivity contribution in [3.8, 4) is 17.2 Å². The molecule has 4 rings (SSSR count). The maximum absolute atomic E-state index is 12.9. The molecule has 0 atom stereocenters. The van der Waals surface area contributed by atoms with Crippen molar-refractivity contribution in [1.82, 2.24) is 4.57 Å². The van der Waals surface area contributed by atoms with Gasteiger partial charge in [0.1, 0.15) is 24.5 Å². The number of methoxy groups -OCH3 is 1. The first-order chi connectivity index (χ1) is 13.6. The van der Waals surface area contributed by atoms with Gasteiger partial charge in [-0.25, -0.2) is 0 Å². The number of thiazole rings is 1. The predicted molar refractivity (Wildman–Crippen MR) is 109 cm³/mol. The van der Waals surface area contributed by atoms with Crippen molar-refractivity contribution in [1.29, 1.82) is 0 Å². The lowest BCUT2D eigenvalue weighted by atomic mass is 10.2. The zero-order chi connectivity index (χ0) is 19.7. The molecule has 1 aromatic heterocycles. The number of fused-ring (bicyclic) bond motifs is 2. The van der Waals surface area contributed by atoms with Gasteiger partial charge in [-0.1, -0.05) is 24.3 Å². The van der Waals surface area contributed by atoms with Crippen molar-refractivity contribution in [2.75, 3.05) is 20.3 Å². The van der Waals surface area contributed by atoms with Crippen LogP contribution in [0.1, 0.15) is 29.3 Å². The maximum Gasteiger partial charge on any atom is 0.279 e. The molecule has 3 aromatic rings. The van der Waals surface area contributed by atoms with E-state index in [1.165, 1.54) is 11.3 Å². The van der Waals surface area contributed by atoms with Gasteiger partial charge in [0.05, 0.1) is 11.8 Å². The van der Waals surface area contributed by atoms with Crippen LogP contribution in [-0.2, 0) is 6.54 Å². The van der Waals surface area contributed by atoms with Crippen LogP contribution in [0.15, 0.2) is 35.3 Å². The highest BCUT2D eigenvalue weighted by molar-refractivity contribution is 7.16. The Morgan fingerprint density at radius 2 is 2.00 bits per heavy atom. The third-order valence-electron chi connectivity index (χ3n) is 4.64. The number of amides is 1. The minimum absolute atomic E-state index is 0.301. The Labute approximate surface area is 167 Å². The molecule has 1 aliphatic heterocycles. The summed E-state index contributed by atoms with van der Waals surface area (Å²) >= 11 is 1.51. The molecule has 0 radical (unpaired) electrons. The van der Waals surface area contributed by atoms with E-state index >= 15 is 0 Å². The van der Waals surface area contributed by atoms with E-state index in [1.54, 1.807) is 25.3 Å². The van der Waals surface area contributed by atoms with E-state index in [-0.39, 0.29) is 5.91 Å². The van der Waals surface area contributed by atoms with E-state index in [2.05, 4.69) is 23.4 Å². The summed E-state index contributed by atoms with van der Waals surface area (Å²) in [5.41, 5.74) is 2.61. The summed E-state index contributed by atoms with van der Waals surface area (Å²) in [6.45, 7) is 5.91. The number of hydrogen-bond donors (Lipinski definition) is 0. The molecule has 6 nitrogen and oxygen atoms in total. The maximum atomic E-state index is 12.9. The summed E-state index contributed by atoms with van der Waals surface area (Å²) in [5, 5.41) is 0. The minimum Gasteiger partial charge on any atom is -0.495 e. The average molecular weight is 398 g/mol. The fraction of sp³-hybridized carbons (Fsp3) is 0.333. The molecule has 0 unspecified atom stereocenters. The SMILES string of the molecule is CCCn1c(=NC(=O)c2ccc3c(c2)OCCO3)sc2c(C)ccc(OC)c21. The lowest BCUT2D eigenvalue weighted by Crippen LogP contribution is -2.18. The summed E-state index contributed by atoms with van der Waals surface area (Å²) in [6.07, 6.45) is 0.925. The van der Waals surface area contributed by atoms with Crippen LogP contribution in [0.25, 0.3) is 10.2 Å². The Kier molecular flexibility index (Phi) is 5.09. The number of nitrogens with zero attached hydrogens (tertiary/aromatic N) is 2. The number of ether oxygens (including phenoxy) is 3. The summed E-state index contributed by atoms with van der Waals surface area (Å²) in [7, 11) is 1.66. The average Bonchev–Trinajstić information content (AvgIpc) is 3.07. The molecule has 0 saturated heterocycles. The summed E-state index contributed by atoms with van der Waals surface area (Å²) in [5.74, 6) is 1.73. The van der Waals surface area contributed by atoms with Crippen molar-refractivity contribution in [3.05, 3.63) is 46.3 Å². The Bertz CT molecular complexity index is 1110. The van der Waals surface area contributed by atoms with E-state index in [0.717, 1.165) is 34.5 Å². The van der Waals surface area contributed by atoms with Crippen LogP contribution in [0.3, 0.4) is 0 Å². The molecule has 7 heteroatoms. The summed E-state index contributed by atoms with van der Waals surface area (Å²) in [6, 6.07) is 9.17. The number of benzene rings is 2. The van der Waals surface area contributed by atoms with Crippen molar-refractivity contribution >= 4 is 27.5 Å². The fourth-order valence-corrected chi connectivity index (χ4v) is 4.43. The van der Waals surface area contributed by atoms with E-state index in [0.29, 0.717) is 35.1 Å². The number of aryl methyl sites for hydroxylation is 2. The number of carbonyl (C=O) groups is 1. The van der Waals surface area contributed by atoms with E-state index in [9.17, 15) is 4.79 Å². The second kappa shape index (κ2) is 7.67. The molecule has 0 fully saturated rings. The van der Waals surface area contributed by atoms with E-state index in [4.69, 9.17) is 14.2 Å². The molecular formula is C21H22N2O4S. The van der Waals surface area contributed by atoms with Crippen LogP contribution in [0, 0.1) is 6.92 Å². The molecule has 146 valence electrons. The first-order valence-electron chi connectivity index (χ1n) is 9.28. The largest absolute Gasteiger partial charge is 0.495 e. The molecule has 2 heterocycles. The molecule has 0 N–H and O–H groups in total. The summed E-state index contributed by atoms with van der Waals surface area (Å²) in [4.78, 5) is 18.0. The number of rotatable bonds is 4. The second-order valence-corrected chi connectivity index (χ2v) is 7.55. The molecule has 0 saturated carbocycles. The topological polar surface area (TPSA) is 62.1 Å².